The van der Waals surface area contributed by atoms with Crippen molar-refractivity contribution in [2.24, 2.45) is 10.9 Å². The van der Waals surface area contributed by atoms with Gasteiger partial charge in [0.1, 0.15) is 0 Å². The summed E-state index contributed by atoms with van der Waals surface area (Å²) < 4.78 is 5.53. The van der Waals surface area contributed by atoms with Crippen LogP contribution in [0.4, 0.5) is 0 Å². The number of oxime groups is 1. The molecule has 110 valence electrons. The van der Waals surface area contributed by atoms with Gasteiger partial charge in [0.25, 0.3) is 0 Å². The van der Waals surface area contributed by atoms with Gasteiger partial charge in [-0.15, -0.1) is 0 Å². The number of ether oxygens (including phenoxy) is 1. The van der Waals surface area contributed by atoms with Gasteiger partial charge in [0, 0.05) is 19.2 Å². The Labute approximate surface area is 115 Å². The highest BCUT2D eigenvalue weighted by molar-refractivity contribution is 5.81. The first-order valence-corrected chi connectivity index (χ1v) is 7.49. The number of amidine groups is 1. The zero-order valence-corrected chi connectivity index (χ0v) is 11.9. The number of nitrogens with zero attached hydrogens (tertiary/aromatic N) is 2. The van der Waals surface area contributed by atoms with Crippen LogP contribution in [0, 0.1) is 0 Å². The van der Waals surface area contributed by atoms with E-state index in [0.29, 0.717) is 30.6 Å². The second-order valence-corrected chi connectivity index (χ2v) is 5.88. The molecule has 0 spiro atoms. The Morgan fingerprint density at radius 2 is 1.89 bits per heavy atom. The monoisotopic (exact) mass is 269 g/mol. The zero-order valence-electron chi connectivity index (χ0n) is 11.9. The molecular formula is C14H27N3O2. The molecule has 2 saturated carbocycles. The Hall–Kier alpha value is -0.810. The maximum Gasteiger partial charge on any atom is 0.153 e. The first-order chi connectivity index (χ1) is 9.24. The molecule has 0 bridgehead atoms. The predicted octanol–water partition coefficient (Wildman–Crippen LogP) is 1.93. The number of hydrogen-bond donors (Lipinski definition) is 2. The van der Waals surface area contributed by atoms with Crippen molar-refractivity contribution in [2.75, 3.05) is 13.7 Å². The quantitative estimate of drug-likeness (QED) is 0.346. The van der Waals surface area contributed by atoms with Crippen LogP contribution in [0.1, 0.15) is 51.4 Å². The molecule has 0 aliphatic heterocycles. The van der Waals surface area contributed by atoms with Crippen LogP contribution < -0.4 is 5.73 Å². The van der Waals surface area contributed by atoms with Crippen LogP contribution in [0.15, 0.2) is 5.16 Å². The molecule has 2 atom stereocenters. The first kappa shape index (κ1) is 14.6. The van der Waals surface area contributed by atoms with Gasteiger partial charge in [-0.2, -0.15) is 0 Å². The summed E-state index contributed by atoms with van der Waals surface area (Å²) in [6.07, 6.45) is 10.1. The van der Waals surface area contributed by atoms with Crippen LogP contribution in [-0.2, 0) is 4.74 Å². The maximum absolute atomic E-state index is 8.83. The fourth-order valence-electron chi connectivity index (χ4n) is 3.65. The second-order valence-electron chi connectivity index (χ2n) is 5.88. The molecule has 2 aliphatic rings. The van der Waals surface area contributed by atoms with E-state index < -0.39 is 0 Å². The fourth-order valence-corrected chi connectivity index (χ4v) is 3.65. The van der Waals surface area contributed by atoms with Gasteiger partial charge in [0.2, 0.25) is 0 Å². The van der Waals surface area contributed by atoms with Gasteiger partial charge in [-0.1, -0.05) is 18.0 Å². The molecule has 5 nitrogen and oxygen atoms in total. The highest BCUT2D eigenvalue weighted by Gasteiger charge is 2.32. The van der Waals surface area contributed by atoms with Crippen LogP contribution >= 0.6 is 0 Å². The van der Waals surface area contributed by atoms with Gasteiger partial charge in [-0.25, -0.2) is 0 Å². The average molecular weight is 269 g/mol. The van der Waals surface area contributed by atoms with E-state index in [9.17, 15) is 0 Å². The molecule has 0 aromatic rings. The average Bonchev–Trinajstić information content (AvgIpc) is 2.98. The minimum Gasteiger partial charge on any atom is -0.409 e. The molecule has 19 heavy (non-hydrogen) atoms. The maximum atomic E-state index is 8.83. The van der Waals surface area contributed by atoms with Crippen molar-refractivity contribution in [3.8, 4) is 0 Å². The minimum absolute atomic E-state index is 0.325. The summed E-state index contributed by atoms with van der Waals surface area (Å²) in [4.78, 5) is 2.47. The van der Waals surface area contributed by atoms with Gasteiger partial charge in [-0.05, 0) is 38.5 Å². The Morgan fingerprint density at radius 1 is 1.21 bits per heavy atom. The molecule has 0 heterocycles. The molecule has 2 aliphatic carbocycles. The molecular weight excluding hydrogens is 242 g/mol. The molecule has 0 radical (unpaired) electrons. The van der Waals surface area contributed by atoms with E-state index in [1.165, 1.54) is 38.5 Å². The van der Waals surface area contributed by atoms with Crippen LogP contribution in [0.5, 0.6) is 0 Å². The van der Waals surface area contributed by atoms with Gasteiger partial charge < -0.3 is 15.7 Å². The standard InChI is InChI=1S/C14H27N3O2/c1-19-13-8-4-7-12(9-13)17(10-14(15)16-18)11-5-2-3-6-11/h11-13,18H,2-10H2,1H3,(H2,15,16). The van der Waals surface area contributed by atoms with E-state index >= 15 is 0 Å². The van der Waals surface area contributed by atoms with Crippen molar-refractivity contribution in [3.05, 3.63) is 0 Å². The minimum atomic E-state index is 0.325. The van der Waals surface area contributed by atoms with Crippen molar-refractivity contribution < 1.29 is 9.94 Å². The molecule has 3 N–H and O–H groups in total. The van der Waals surface area contributed by atoms with Gasteiger partial charge >= 0.3 is 0 Å². The van der Waals surface area contributed by atoms with E-state index in [-0.39, 0.29) is 0 Å². The largest absolute Gasteiger partial charge is 0.409 e. The van der Waals surface area contributed by atoms with Crippen molar-refractivity contribution in [1.29, 1.82) is 0 Å². The second kappa shape index (κ2) is 7.10. The summed E-state index contributed by atoms with van der Waals surface area (Å²) >= 11 is 0. The van der Waals surface area contributed by atoms with Gasteiger partial charge in [-0.3, -0.25) is 4.90 Å². The molecule has 2 unspecified atom stereocenters. The summed E-state index contributed by atoms with van der Waals surface area (Å²) in [5, 5.41) is 12.0. The third-order valence-corrected chi connectivity index (χ3v) is 4.67. The number of nitrogens with two attached hydrogens (primary N) is 1. The summed E-state index contributed by atoms with van der Waals surface area (Å²) in [5.41, 5.74) is 5.74. The zero-order chi connectivity index (χ0) is 13.7. The molecule has 0 aromatic carbocycles. The molecule has 0 saturated heterocycles. The SMILES string of the molecule is COC1CCCC(N(CC(N)=NO)C2CCCC2)C1. The van der Waals surface area contributed by atoms with E-state index in [4.69, 9.17) is 15.7 Å². The normalized spacial score (nSPS) is 30.1. The fraction of sp³-hybridized carbons (Fsp3) is 0.929. The van der Waals surface area contributed by atoms with Gasteiger partial charge in [0.15, 0.2) is 5.84 Å². The Bertz CT molecular complexity index is 303. The van der Waals surface area contributed by atoms with E-state index in [2.05, 4.69) is 10.1 Å². The molecule has 0 amide bonds. The molecule has 5 heteroatoms. The third kappa shape index (κ3) is 3.83. The van der Waals surface area contributed by atoms with E-state index in [0.717, 1.165) is 12.8 Å². The number of rotatable bonds is 5. The Kier molecular flexibility index (Phi) is 5.45. The van der Waals surface area contributed by atoms with Crippen molar-refractivity contribution in [1.82, 2.24) is 4.90 Å². The summed E-state index contributed by atoms with van der Waals surface area (Å²) in [7, 11) is 1.80. The lowest BCUT2D eigenvalue weighted by atomic mass is 9.90. The summed E-state index contributed by atoms with van der Waals surface area (Å²) in [5.74, 6) is 0.325. The summed E-state index contributed by atoms with van der Waals surface area (Å²) in [6.45, 7) is 0.586. The lowest BCUT2D eigenvalue weighted by Crippen LogP contribution is -2.49. The summed E-state index contributed by atoms with van der Waals surface area (Å²) in [6, 6.07) is 1.11. The van der Waals surface area contributed by atoms with Crippen molar-refractivity contribution >= 4 is 5.84 Å². The van der Waals surface area contributed by atoms with Gasteiger partial charge in [0.05, 0.1) is 12.6 Å². The first-order valence-electron chi connectivity index (χ1n) is 7.49. The lowest BCUT2D eigenvalue weighted by molar-refractivity contribution is 0.0202. The topological polar surface area (TPSA) is 71.1 Å². The molecule has 2 fully saturated rings. The number of hydrogen-bond acceptors (Lipinski definition) is 4. The van der Waals surface area contributed by atoms with Crippen LogP contribution in [0.25, 0.3) is 0 Å². The third-order valence-electron chi connectivity index (χ3n) is 4.67. The highest BCUT2D eigenvalue weighted by atomic mass is 16.5. The van der Waals surface area contributed by atoms with E-state index in [1.54, 1.807) is 7.11 Å². The Balaban J connectivity index is 2.02. The van der Waals surface area contributed by atoms with Crippen LogP contribution in [0.3, 0.4) is 0 Å². The highest BCUT2D eigenvalue weighted by Crippen LogP contribution is 2.31. The number of methoxy groups -OCH3 is 1. The van der Waals surface area contributed by atoms with Crippen molar-refractivity contribution in [2.45, 2.75) is 69.6 Å². The van der Waals surface area contributed by atoms with Crippen molar-refractivity contribution in [3.63, 3.8) is 0 Å². The molecule has 2 rings (SSSR count). The lowest BCUT2D eigenvalue weighted by Gasteiger charge is -2.40. The van der Waals surface area contributed by atoms with Crippen LogP contribution in [-0.4, -0.2) is 47.8 Å². The smallest absolute Gasteiger partial charge is 0.153 e. The van der Waals surface area contributed by atoms with E-state index in [1.807, 2.05) is 0 Å². The Morgan fingerprint density at radius 3 is 2.53 bits per heavy atom. The van der Waals surface area contributed by atoms with Crippen LogP contribution in [0.2, 0.25) is 0 Å². The molecule has 0 aromatic heterocycles. The predicted molar refractivity (Wildman–Crippen MR) is 75.4 cm³/mol.